The van der Waals surface area contributed by atoms with E-state index in [1.807, 2.05) is 7.05 Å². The van der Waals surface area contributed by atoms with Crippen LogP contribution in [0.15, 0.2) is 4.99 Å². The second kappa shape index (κ2) is 9.22. The van der Waals surface area contributed by atoms with E-state index in [0.717, 1.165) is 30.9 Å². The molecule has 0 aromatic rings. The largest absolute Gasteiger partial charge is 0.356 e. The minimum atomic E-state index is 0.668. The maximum absolute atomic E-state index is 4.31. The van der Waals surface area contributed by atoms with Gasteiger partial charge in [-0.25, -0.2) is 0 Å². The number of hydrogen-bond donors (Lipinski definition) is 2. The quantitative estimate of drug-likeness (QED) is 0.556. The Morgan fingerprint density at radius 3 is 2.55 bits per heavy atom. The molecule has 0 aromatic carbocycles. The van der Waals surface area contributed by atoms with Crippen molar-refractivity contribution in [1.29, 1.82) is 0 Å². The first-order chi connectivity index (χ1) is 9.52. The molecule has 1 saturated heterocycles. The predicted molar refractivity (Wildman–Crippen MR) is 88.3 cm³/mol. The van der Waals surface area contributed by atoms with Gasteiger partial charge in [-0.3, -0.25) is 9.89 Å². The number of likely N-dealkylation sites (tertiary alicyclic amines) is 1. The minimum absolute atomic E-state index is 0.668. The highest BCUT2D eigenvalue weighted by molar-refractivity contribution is 5.79. The summed E-state index contributed by atoms with van der Waals surface area (Å²) in [4.78, 5) is 6.93. The third-order valence-electron chi connectivity index (χ3n) is 3.84. The molecule has 1 fully saturated rings. The van der Waals surface area contributed by atoms with Crippen molar-refractivity contribution in [3.63, 3.8) is 0 Å². The van der Waals surface area contributed by atoms with E-state index >= 15 is 0 Å². The molecule has 1 heterocycles. The minimum Gasteiger partial charge on any atom is -0.356 e. The normalized spacial score (nSPS) is 20.9. The molecule has 0 bridgehead atoms. The summed E-state index contributed by atoms with van der Waals surface area (Å²) >= 11 is 0. The molecule has 0 radical (unpaired) electrons. The van der Waals surface area contributed by atoms with Crippen molar-refractivity contribution in [2.24, 2.45) is 16.8 Å². The van der Waals surface area contributed by atoms with Crippen molar-refractivity contribution in [1.82, 2.24) is 15.5 Å². The van der Waals surface area contributed by atoms with E-state index in [-0.39, 0.29) is 0 Å². The van der Waals surface area contributed by atoms with E-state index in [4.69, 9.17) is 0 Å². The van der Waals surface area contributed by atoms with E-state index in [0.29, 0.717) is 6.04 Å². The van der Waals surface area contributed by atoms with Crippen LogP contribution in [0.4, 0.5) is 0 Å². The summed E-state index contributed by atoms with van der Waals surface area (Å²) in [6, 6.07) is 0.668. The first-order valence-corrected chi connectivity index (χ1v) is 8.21. The van der Waals surface area contributed by atoms with E-state index < -0.39 is 0 Å². The molecule has 0 saturated carbocycles. The first kappa shape index (κ1) is 17.3. The highest BCUT2D eigenvalue weighted by Gasteiger charge is 2.24. The number of nitrogens with zero attached hydrogens (tertiary/aromatic N) is 2. The summed E-state index contributed by atoms with van der Waals surface area (Å²) in [5, 5.41) is 6.89. The predicted octanol–water partition coefficient (Wildman–Crippen LogP) is 2.32. The molecule has 20 heavy (non-hydrogen) atoms. The lowest BCUT2D eigenvalue weighted by molar-refractivity contribution is 0.226. The smallest absolute Gasteiger partial charge is 0.191 e. The fourth-order valence-electron chi connectivity index (χ4n) is 2.75. The van der Waals surface area contributed by atoms with Crippen LogP contribution >= 0.6 is 0 Å². The molecule has 0 aliphatic carbocycles. The summed E-state index contributed by atoms with van der Waals surface area (Å²) in [7, 11) is 1.85. The summed E-state index contributed by atoms with van der Waals surface area (Å²) in [6.45, 7) is 13.6. The van der Waals surface area contributed by atoms with Crippen LogP contribution in [0, 0.1) is 11.8 Å². The van der Waals surface area contributed by atoms with E-state index in [1.54, 1.807) is 0 Å². The van der Waals surface area contributed by atoms with Gasteiger partial charge in [0.05, 0.1) is 0 Å². The van der Waals surface area contributed by atoms with Crippen molar-refractivity contribution < 1.29 is 0 Å². The van der Waals surface area contributed by atoms with E-state index in [2.05, 4.69) is 48.2 Å². The number of nitrogens with one attached hydrogen (secondary N) is 2. The van der Waals surface area contributed by atoms with Crippen molar-refractivity contribution in [2.45, 2.75) is 53.0 Å². The molecule has 0 amide bonds. The molecule has 1 aliphatic rings. The van der Waals surface area contributed by atoms with Gasteiger partial charge in [-0.1, -0.05) is 27.7 Å². The molecule has 1 atom stereocenters. The molecule has 4 heteroatoms. The van der Waals surface area contributed by atoms with Crippen LogP contribution in [0.5, 0.6) is 0 Å². The molecular weight excluding hydrogens is 248 g/mol. The van der Waals surface area contributed by atoms with Gasteiger partial charge in [0.25, 0.3) is 0 Å². The average molecular weight is 282 g/mol. The first-order valence-electron chi connectivity index (χ1n) is 8.21. The maximum atomic E-state index is 4.31. The second-order valence-corrected chi connectivity index (χ2v) is 6.75. The van der Waals surface area contributed by atoms with Crippen molar-refractivity contribution in [2.75, 3.05) is 33.2 Å². The standard InChI is InChI=1S/C16H34N4/c1-13(2)8-9-18-16(17-5)19-11-15-7-6-10-20(15)12-14(3)4/h13-15H,6-12H2,1-5H3,(H2,17,18,19)/t15-/m1/s1. The molecule has 1 rings (SSSR count). The van der Waals surface area contributed by atoms with Gasteiger partial charge in [-0.05, 0) is 37.6 Å². The Hall–Kier alpha value is -0.770. The third-order valence-corrected chi connectivity index (χ3v) is 3.84. The van der Waals surface area contributed by atoms with Crippen LogP contribution in [0.3, 0.4) is 0 Å². The Morgan fingerprint density at radius 1 is 1.20 bits per heavy atom. The fraction of sp³-hybridized carbons (Fsp3) is 0.938. The molecule has 0 aromatic heterocycles. The zero-order chi connectivity index (χ0) is 15.0. The second-order valence-electron chi connectivity index (χ2n) is 6.75. The summed E-state index contributed by atoms with van der Waals surface area (Å²) < 4.78 is 0. The summed E-state index contributed by atoms with van der Waals surface area (Å²) in [5.74, 6) is 2.43. The maximum Gasteiger partial charge on any atom is 0.191 e. The zero-order valence-corrected chi connectivity index (χ0v) is 14.1. The van der Waals surface area contributed by atoms with Crippen LogP contribution in [0.2, 0.25) is 0 Å². The Labute approximate surface area is 125 Å². The van der Waals surface area contributed by atoms with Crippen LogP contribution in [0.1, 0.15) is 47.0 Å². The molecule has 4 nitrogen and oxygen atoms in total. The van der Waals surface area contributed by atoms with Gasteiger partial charge in [0.1, 0.15) is 0 Å². The molecule has 0 spiro atoms. The number of rotatable bonds is 7. The monoisotopic (exact) mass is 282 g/mol. The van der Waals surface area contributed by atoms with Crippen molar-refractivity contribution in [3.05, 3.63) is 0 Å². The lowest BCUT2D eigenvalue weighted by Gasteiger charge is -2.27. The van der Waals surface area contributed by atoms with Gasteiger partial charge in [0.15, 0.2) is 5.96 Å². The highest BCUT2D eigenvalue weighted by Crippen LogP contribution is 2.17. The number of hydrogen-bond acceptors (Lipinski definition) is 2. The molecule has 1 aliphatic heterocycles. The molecule has 2 N–H and O–H groups in total. The molecular formula is C16H34N4. The average Bonchev–Trinajstić information content (AvgIpc) is 2.79. The SMILES string of the molecule is CN=C(NCCC(C)C)NC[C@H]1CCCN1CC(C)C. The van der Waals surface area contributed by atoms with Gasteiger partial charge in [0.2, 0.25) is 0 Å². The fourth-order valence-corrected chi connectivity index (χ4v) is 2.75. The Bertz CT molecular complexity index is 286. The lowest BCUT2D eigenvalue weighted by atomic mass is 10.1. The van der Waals surface area contributed by atoms with Crippen LogP contribution < -0.4 is 10.6 Å². The van der Waals surface area contributed by atoms with Crippen LogP contribution in [-0.4, -0.2) is 50.1 Å². The van der Waals surface area contributed by atoms with Crippen molar-refractivity contribution >= 4 is 5.96 Å². The van der Waals surface area contributed by atoms with Gasteiger partial charge < -0.3 is 10.6 Å². The molecule has 0 unspecified atom stereocenters. The van der Waals surface area contributed by atoms with Gasteiger partial charge >= 0.3 is 0 Å². The number of aliphatic imine (C=N–C) groups is 1. The van der Waals surface area contributed by atoms with Crippen LogP contribution in [-0.2, 0) is 0 Å². The number of guanidine groups is 1. The Balaban J connectivity index is 2.29. The summed E-state index contributed by atoms with van der Waals surface area (Å²) in [5.41, 5.74) is 0. The summed E-state index contributed by atoms with van der Waals surface area (Å²) in [6.07, 6.45) is 3.82. The third kappa shape index (κ3) is 6.60. The van der Waals surface area contributed by atoms with E-state index in [1.165, 1.54) is 32.4 Å². The Kier molecular flexibility index (Phi) is 7.97. The van der Waals surface area contributed by atoms with Gasteiger partial charge in [0, 0.05) is 32.7 Å². The highest BCUT2D eigenvalue weighted by atomic mass is 15.2. The Morgan fingerprint density at radius 2 is 1.95 bits per heavy atom. The lowest BCUT2D eigenvalue weighted by Crippen LogP contribution is -2.45. The molecule has 118 valence electrons. The van der Waals surface area contributed by atoms with Crippen LogP contribution in [0.25, 0.3) is 0 Å². The zero-order valence-electron chi connectivity index (χ0n) is 14.1. The van der Waals surface area contributed by atoms with Gasteiger partial charge in [-0.2, -0.15) is 0 Å². The topological polar surface area (TPSA) is 39.7 Å². The van der Waals surface area contributed by atoms with E-state index in [9.17, 15) is 0 Å². The van der Waals surface area contributed by atoms with Gasteiger partial charge in [-0.15, -0.1) is 0 Å². The van der Waals surface area contributed by atoms with Crippen molar-refractivity contribution in [3.8, 4) is 0 Å².